The first-order valence-electron chi connectivity index (χ1n) is 10.5. The lowest BCUT2D eigenvalue weighted by Gasteiger charge is -2.12. The summed E-state index contributed by atoms with van der Waals surface area (Å²) in [7, 11) is 0. The molecule has 0 saturated carbocycles. The number of para-hydroxylation sites is 3. The van der Waals surface area contributed by atoms with Crippen LogP contribution in [0.25, 0.3) is 11.3 Å². The summed E-state index contributed by atoms with van der Waals surface area (Å²) in [6, 6.07) is 22.0. The number of amides is 1. The number of rotatable bonds is 9. The van der Waals surface area contributed by atoms with Gasteiger partial charge in [-0.15, -0.1) is 0 Å². The fourth-order valence-electron chi connectivity index (χ4n) is 3.06. The Bertz CT molecular complexity index is 1260. The molecule has 1 heterocycles. The van der Waals surface area contributed by atoms with Crippen LogP contribution < -0.4 is 10.1 Å². The quantitative estimate of drug-likeness (QED) is 0.337. The van der Waals surface area contributed by atoms with Crippen LogP contribution in [0.5, 0.6) is 11.5 Å². The molecule has 0 unspecified atom stereocenters. The molecule has 0 radical (unpaired) electrons. The number of aryl methyl sites for hydroxylation is 1. The first-order valence-corrected chi connectivity index (χ1v) is 10.5. The maximum atomic E-state index is 13.0. The molecular formula is C26H21FN2O5. The van der Waals surface area contributed by atoms with Gasteiger partial charge in [-0.3, -0.25) is 9.59 Å². The van der Waals surface area contributed by atoms with Crippen molar-refractivity contribution in [1.82, 2.24) is 4.98 Å². The SMILES string of the molecule is O=C(COC(=O)CCc1ncc(-c2ccc(F)cc2)o1)Nc1ccccc1Oc1ccccc1. The van der Waals surface area contributed by atoms with Crippen molar-refractivity contribution in [2.45, 2.75) is 12.8 Å². The summed E-state index contributed by atoms with van der Waals surface area (Å²) in [6.07, 6.45) is 1.70. The highest BCUT2D eigenvalue weighted by Crippen LogP contribution is 2.29. The molecule has 0 aliphatic heterocycles. The molecule has 3 aromatic carbocycles. The molecule has 8 heteroatoms. The summed E-state index contributed by atoms with van der Waals surface area (Å²) in [5, 5.41) is 2.69. The van der Waals surface area contributed by atoms with Crippen molar-refractivity contribution >= 4 is 17.6 Å². The molecule has 0 spiro atoms. The Morgan fingerprint density at radius 3 is 2.47 bits per heavy atom. The van der Waals surface area contributed by atoms with Crippen LogP contribution in [-0.4, -0.2) is 23.5 Å². The number of hydrogen-bond donors (Lipinski definition) is 1. The molecule has 0 atom stereocenters. The molecule has 4 aromatic rings. The van der Waals surface area contributed by atoms with E-state index in [4.69, 9.17) is 13.9 Å². The second kappa shape index (κ2) is 10.9. The van der Waals surface area contributed by atoms with Gasteiger partial charge in [0.1, 0.15) is 11.6 Å². The molecule has 0 aliphatic carbocycles. The number of aromatic nitrogens is 1. The average molecular weight is 460 g/mol. The Morgan fingerprint density at radius 1 is 0.941 bits per heavy atom. The molecule has 1 N–H and O–H groups in total. The summed E-state index contributed by atoms with van der Waals surface area (Å²) in [4.78, 5) is 28.5. The Kier molecular flexibility index (Phi) is 7.29. The maximum Gasteiger partial charge on any atom is 0.306 e. The minimum Gasteiger partial charge on any atom is -0.456 e. The first-order chi connectivity index (χ1) is 16.6. The number of esters is 1. The van der Waals surface area contributed by atoms with Crippen LogP contribution in [0, 0.1) is 5.82 Å². The zero-order valence-electron chi connectivity index (χ0n) is 18.1. The highest BCUT2D eigenvalue weighted by Gasteiger charge is 2.13. The van der Waals surface area contributed by atoms with Gasteiger partial charge in [-0.1, -0.05) is 30.3 Å². The van der Waals surface area contributed by atoms with Gasteiger partial charge in [0.2, 0.25) is 0 Å². The lowest BCUT2D eigenvalue weighted by molar-refractivity contribution is -0.147. The zero-order chi connectivity index (χ0) is 23.8. The average Bonchev–Trinajstić information content (AvgIpc) is 3.33. The monoisotopic (exact) mass is 460 g/mol. The number of carbonyl (C=O) groups excluding carboxylic acids is 2. The zero-order valence-corrected chi connectivity index (χ0v) is 18.1. The van der Waals surface area contributed by atoms with Crippen LogP contribution in [0.2, 0.25) is 0 Å². The second-order valence-electron chi connectivity index (χ2n) is 7.25. The molecule has 1 amide bonds. The van der Waals surface area contributed by atoms with E-state index in [-0.39, 0.29) is 18.7 Å². The predicted octanol–water partition coefficient (Wildman–Crippen LogP) is 5.39. The van der Waals surface area contributed by atoms with Gasteiger partial charge in [0.05, 0.1) is 18.3 Å². The van der Waals surface area contributed by atoms with Gasteiger partial charge in [-0.05, 0) is 48.5 Å². The van der Waals surface area contributed by atoms with Crippen LogP contribution in [0.15, 0.2) is 89.5 Å². The van der Waals surface area contributed by atoms with E-state index in [2.05, 4.69) is 10.3 Å². The van der Waals surface area contributed by atoms with Gasteiger partial charge in [0.15, 0.2) is 24.0 Å². The van der Waals surface area contributed by atoms with E-state index >= 15 is 0 Å². The van der Waals surface area contributed by atoms with Crippen molar-refractivity contribution in [3.8, 4) is 22.8 Å². The van der Waals surface area contributed by atoms with Gasteiger partial charge in [-0.25, -0.2) is 9.37 Å². The molecule has 34 heavy (non-hydrogen) atoms. The van der Waals surface area contributed by atoms with Crippen LogP contribution in [-0.2, 0) is 20.7 Å². The van der Waals surface area contributed by atoms with Gasteiger partial charge < -0.3 is 19.2 Å². The topological polar surface area (TPSA) is 90.7 Å². The Labute approximate surface area is 195 Å². The van der Waals surface area contributed by atoms with E-state index in [0.29, 0.717) is 34.4 Å². The molecule has 4 rings (SSSR count). The van der Waals surface area contributed by atoms with Crippen molar-refractivity contribution in [3.63, 3.8) is 0 Å². The van der Waals surface area contributed by atoms with Gasteiger partial charge in [0.25, 0.3) is 5.91 Å². The summed E-state index contributed by atoms with van der Waals surface area (Å²) in [5.74, 6) is 0.506. The number of ether oxygens (including phenoxy) is 2. The highest BCUT2D eigenvalue weighted by molar-refractivity contribution is 5.94. The van der Waals surface area contributed by atoms with Gasteiger partial charge >= 0.3 is 5.97 Å². The van der Waals surface area contributed by atoms with E-state index in [1.54, 1.807) is 48.5 Å². The van der Waals surface area contributed by atoms with E-state index in [1.807, 2.05) is 18.2 Å². The predicted molar refractivity (Wildman–Crippen MR) is 123 cm³/mol. The smallest absolute Gasteiger partial charge is 0.306 e. The fourth-order valence-corrected chi connectivity index (χ4v) is 3.06. The lowest BCUT2D eigenvalue weighted by atomic mass is 10.2. The molecule has 172 valence electrons. The van der Waals surface area contributed by atoms with E-state index in [1.165, 1.54) is 18.3 Å². The number of hydrogen-bond acceptors (Lipinski definition) is 6. The third-order valence-corrected chi connectivity index (χ3v) is 4.72. The first kappa shape index (κ1) is 22.7. The minimum atomic E-state index is -0.564. The molecule has 1 aromatic heterocycles. The Morgan fingerprint density at radius 2 is 1.68 bits per heavy atom. The summed E-state index contributed by atoms with van der Waals surface area (Å²) < 4.78 is 29.5. The van der Waals surface area contributed by atoms with E-state index in [0.717, 1.165) is 0 Å². The summed E-state index contributed by atoms with van der Waals surface area (Å²) in [5.41, 5.74) is 1.14. The van der Waals surface area contributed by atoms with Crippen LogP contribution in [0.4, 0.5) is 10.1 Å². The van der Waals surface area contributed by atoms with Crippen molar-refractivity contribution in [2.75, 3.05) is 11.9 Å². The van der Waals surface area contributed by atoms with Crippen LogP contribution in [0.3, 0.4) is 0 Å². The highest BCUT2D eigenvalue weighted by atomic mass is 19.1. The fraction of sp³-hybridized carbons (Fsp3) is 0.115. The summed E-state index contributed by atoms with van der Waals surface area (Å²) in [6.45, 7) is -0.440. The second-order valence-corrected chi connectivity index (χ2v) is 7.25. The molecular weight excluding hydrogens is 439 g/mol. The molecule has 7 nitrogen and oxygen atoms in total. The molecule has 0 saturated heterocycles. The number of nitrogens with zero attached hydrogens (tertiary/aromatic N) is 1. The lowest BCUT2D eigenvalue weighted by Crippen LogP contribution is -2.21. The van der Waals surface area contributed by atoms with Crippen molar-refractivity contribution in [2.24, 2.45) is 0 Å². The number of benzene rings is 3. The summed E-state index contributed by atoms with van der Waals surface area (Å²) >= 11 is 0. The minimum absolute atomic E-state index is 0.00957. The third-order valence-electron chi connectivity index (χ3n) is 4.72. The molecule has 0 aliphatic rings. The number of halogens is 1. The largest absolute Gasteiger partial charge is 0.456 e. The number of oxazole rings is 1. The van der Waals surface area contributed by atoms with Crippen molar-refractivity contribution in [3.05, 3.63) is 96.8 Å². The van der Waals surface area contributed by atoms with E-state index < -0.39 is 18.5 Å². The molecule has 0 fully saturated rings. The van der Waals surface area contributed by atoms with Gasteiger partial charge in [-0.2, -0.15) is 0 Å². The molecule has 0 bridgehead atoms. The number of anilines is 1. The Hall–Kier alpha value is -4.46. The Balaban J connectivity index is 1.24. The van der Waals surface area contributed by atoms with Crippen molar-refractivity contribution in [1.29, 1.82) is 0 Å². The normalized spacial score (nSPS) is 10.5. The van der Waals surface area contributed by atoms with E-state index in [9.17, 15) is 14.0 Å². The maximum absolute atomic E-state index is 13.0. The van der Waals surface area contributed by atoms with Crippen LogP contribution in [0.1, 0.15) is 12.3 Å². The van der Waals surface area contributed by atoms with Gasteiger partial charge in [0, 0.05) is 12.0 Å². The van der Waals surface area contributed by atoms with Crippen LogP contribution >= 0.6 is 0 Å². The van der Waals surface area contributed by atoms with Crippen molar-refractivity contribution < 1.29 is 27.9 Å². The third kappa shape index (κ3) is 6.29. The standard InChI is InChI=1S/C26H21FN2O5/c27-19-12-10-18(11-13-19)23-16-28-25(34-23)14-15-26(31)32-17-24(30)29-21-8-4-5-9-22(21)33-20-6-2-1-3-7-20/h1-13,16H,14-15,17H2,(H,29,30). The number of carbonyl (C=O) groups is 2. The number of nitrogens with one attached hydrogen (secondary N) is 1.